The first-order chi connectivity index (χ1) is 12.9. The molecule has 0 radical (unpaired) electrons. The molecular weight excluding hydrogens is 387 g/mol. The number of aryl methyl sites for hydroxylation is 1. The van der Waals surface area contributed by atoms with Crippen molar-refractivity contribution in [2.45, 2.75) is 39.2 Å². The van der Waals surface area contributed by atoms with Gasteiger partial charge in [0, 0.05) is 23.8 Å². The standard InChI is InChI=1S/C19H22Cl2N4O2/c1-12-10-14(20)6-7-15(12)23-18(26)13(2)25-19(27)17(21)16(11-22-25)24-8-4-3-5-9-24/h6-7,10-11,13H,3-5,8-9H2,1-2H3,(H,23,26). The molecule has 1 aliphatic rings. The Morgan fingerprint density at radius 2 is 1.93 bits per heavy atom. The molecular formula is C19H22Cl2N4O2. The van der Waals surface area contributed by atoms with E-state index in [4.69, 9.17) is 23.2 Å². The third kappa shape index (κ3) is 4.28. The number of anilines is 2. The highest BCUT2D eigenvalue weighted by molar-refractivity contribution is 6.33. The van der Waals surface area contributed by atoms with E-state index in [1.54, 1.807) is 31.3 Å². The van der Waals surface area contributed by atoms with Crippen LogP contribution in [0.3, 0.4) is 0 Å². The number of carbonyl (C=O) groups excluding carboxylic acids is 1. The fraction of sp³-hybridized carbons (Fsp3) is 0.421. The van der Waals surface area contributed by atoms with Crippen molar-refractivity contribution >= 4 is 40.5 Å². The zero-order valence-corrected chi connectivity index (χ0v) is 16.8. The van der Waals surface area contributed by atoms with E-state index in [1.165, 1.54) is 6.42 Å². The van der Waals surface area contributed by atoms with Crippen LogP contribution in [-0.2, 0) is 4.79 Å². The highest BCUT2D eigenvalue weighted by Gasteiger charge is 2.23. The predicted molar refractivity (Wildman–Crippen MR) is 109 cm³/mol. The van der Waals surface area contributed by atoms with E-state index in [1.807, 2.05) is 6.92 Å². The molecule has 2 heterocycles. The van der Waals surface area contributed by atoms with Crippen molar-refractivity contribution in [1.82, 2.24) is 9.78 Å². The predicted octanol–water partition coefficient (Wildman–Crippen LogP) is 4.05. The number of benzene rings is 1. The smallest absolute Gasteiger partial charge is 0.288 e. The summed E-state index contributed by atoms with van der Waals surface area (Å²) in [5.41, 5.74) is 1.65. The summed E-state index contributed by atoms with van der Waals surface area (Å²) in [4.78, 5) is 27.4. The first-order valence-electron chi connectivity index (χ1n) is 8.98. The minimum atomic E-state index is -0.805. The molecule has 1 aliphatic heterocycles. The van der Waals surface area contributed by atoms with Crippen molar-refractivity contribution in [3.05, 3.63) is 50.4 Å². The van der Waals surface area contributed by atoms with E-state index in [0.717, 1.165) is 36.2 Å². The van der Waals surface area contributed by atoms with Gasteiger partial charge in [-0.05, 0) is 56.9 Å². The van der Waals surface area contributed by atoms with Crippen LogP contribution in [0.2, 0.25) is 10.0 Å². The van der Waals surface area contributed by atoms with Crippen molar-refractivity contribution in [3.63, 3.8) is 0 Å². The molecule has 1 saturated heterocycles. The van der Waals surface area contributed by atoms with Crippen molar-refractivity contribution in [2.75, 3.05) is 23.3 Å². The molecule has 144 valence electrons. The summed E-state index contributed by atoms with van der Waals surface area (Å²) in [6, 6.07) is 4.38. The monoisotopic (exact) mass is 408 g/mol. The van der Waals surface area contributed by atoms with Gasteiger partial charge in [-0.3, -0.25) is 9.59 Å². The second kappa shape index (κ2) is 8.31. The average Bonchev–Trinajstić information content (AvgIpc) is 2.66. The molecule has 27 heavy (non-hydrogen) atoms. The lowest BCUT2D eigenvalue weighted by atomic mass is 10.1. The van der Waals surface area contributed by atoms with Crippen LogP contribution in [0.4, 0.5) is 11.4 Å². The van der Waals surface area contributed by atoms with Gasteiger partial charge in [0.1, 0.15) is 11.1 Å². The van der Waals surface area contributed by atoms with Gasteiger partial charge in [-0.25, -0.2) is 4.68 Å². The molecule has 0 bridgehead atoms. The molecule has 1 N–H and O–H groups in total. The van der Waals surface area contributed by atoms with Crippen LogP contribution in [0, 0.1) is 6.92 Å². The Kier molecular flexibility index (Phi) is 6.07. The number of nitrogens with one attached hydrogen (secondary N) is 1. The number of piperidine rings is 1. The Labute approximate surface area is 168 Å². The zero-order chi connectivity index (χ0) is 19.6. The van der Waals surface area contributed by atoms with Crippen molar-refractivity contribution in [3.8, 4) is 0 Å². The van der Waals surface area contributed by atoms with Crippen LogP contribution < -0.4 is 15.8 Å². The minimum Gasteiger partial charge on any atom is -0.369 e. The third-order valence-corrected chi connectivity index (χ3v) is 5.40. The Morgan fingerprint density at radius 1 is 1.22 bits per heavy atom. The van der Waals surface area contributed by atoms with Crippen LogP contribution >= 0.6 is 23.2 Å². The van der Waals surface area contributed by atoms with Crippen LogP contribution in [0.5, 0.6) is 0 Å². The molecule has 1 aromatic heterocycles. The lowest BCUT2D eigenvalue weighted by molar-refractivity contribution is -0.119. The van der Waals surface area contributed by atoms with Gasteiger partial charge in [0.15, 0.2) is 0 Å². The molecule has 6 nitrogen and oxygen atoms in total. The Hall–Kier alpha value is -2.05. The summed E-state index contributed by atoms with van der Waals surface area (Å²) < 4.78 is 1.12. The van der Waals surface area contributed by atoms with E-state index in [9.17, 15) is 9.59 Å². The van der Waals surface area contributed by atoms with E-state index < -0.39 is 11.6 Å². The molecule has 2 aromatic rings. The number of rotatable bonds is 4. The van der Waals surface area contributed by atoms with E-state index >= 15 is 0 Å². The lowest BCUT2D eigenvalue weighted by Gasteiger charge is -2.29. The molecule has 1 amide bonds. The second-order valence-corrected chi connectivity index (χ2v) is 7.58. The van der Waals surface area contributed by atoms with Gasteiger partial charge in [0.05, 0.1) is 11.9 Å². The van der Waals surface area contributed by atoms with E-state index in [0.29, 0.717) is 16.4 Å². The quantitative estimate of drug-likeness (QED) is 0.828. The van der Waals surface area contributed by atoms with Gasteiger partial charge in [-0.15, -0.1) is 0 Å². The van der Waals surface area contributed by atoms with Crippen molar-refractivity contribution in [1.29, 1.82) is 0 Å². The summed E-state index contributed by atoms with van der Waals surface area (Å²) in [6.07, 6.45) is 4.89. The number of halogens is 2. The van der Waals surface area contributed by atoms with Crippen LogP contribution in [0.15, 0.2) is 29.2 Å². The molecule has 0 saturated carbocycles. The summed E-state index contributed by atoms with van der Waals surface area (Å²) >= 11 is 12.3. The fourth-order valence-corrected chi connectivity index (χ4v) is 3.66. The van der Waals surface area contributed by atoms with Crippen LogP contribution in [0.1, 0.15) is 37.8 Å². The Balaban J connectivity index is 1.81. The number of carbonyl (C=O) groups is 1. The topological polar surface area (TPSA) is 67.2 Å². The first kappa shape index (κ1) is 19.7. The molecule has 0 spiro atoms. The molecule has 1 atom stereocenters. The minimum absolute atomic E-state index is 0.106. The molecule has 0 aliphatic carbocycles. The molecule has 3 rings (SSSR count). The average molecular weight is 409 g/mol. The van der Waals surface area contributed by atoms with Crippen molar-refractivity contribution in [2.24, 2.45) is 0 Å². The molecule has 1 fully saturated rings. The van der Waals surface area contributed by atoms with Gasteiger partial charge in [-0.1, -0.05) is 23.2 Å². The Bertz CT molecular complexity index is 907. The number of amides is 1. The fourth-order valence-electron chi connectivity index (χ4n) is 3.18. The molecule has 1 aromatic carbocycles. The first-order valence-corrected chi connectivity index (χ1v) is 9.73. The summed E-state index contributed by atoms with van der Waals surface area (Å²) in [7, 11) is 0. The SMILES string of the molecule is Cc1cc(Cl)ccc1NC(=O)C(C)n1ncc(N2CCCCC2)c(Cl)c1=O. The van der Waals surface area contributed by atoms with Gasteiger partial charge in [-0.2, -0.15) is 5.10 Å². The van der Waals surface area contributed by atoms with Gasteiger partial charge < -0.3 is 10.2 Å². The van der Waals surface area contributed by atoms with Crippen LogP contribution in [-0.4, -0.2) is 28.8 Å². The van der Waals surface area contributed by atoms with Gasteiger partial charge in [0.25, 0.3) is 5.56 Å². The highest BCUT2D eigenvalue weighted by Crippen LogP contribution is 2.25. The maximum atomic E-state index is 12.7. The maximum Gasteiger partial charge on any atom is 0.288 e. The maximum absolute atomic E-state index is 12.7. The summed E-state index contributed by atoms with van der Waals surface area (Å²) in [5.74, 6) is -0.350. The van der Waals surface area contributed by atoms with E-state index in [2.05, 4.69) is 15.3 Å². The number of hydrogen-bond acceptors (Lipinski definition) is 4. The van der Waals surface area contributed by atoms with Crippen molar-refractivity contribution < 1.29 is 4.79 Å². The third-order valence-electron chi connectivity index (χ3n) is 4.81. The van der Waals surface area contributed by atoms with Gasteiger partial charge >= 0.3 is 0 Å². The molecule has 1 unspecified atom stereocenters. The number of hydrogen-bond donors (Lipinski definition) is 1. The second-order valence-electron chi connectivity index (χ2n) is 6.77. The normalized spacial score (nSPS) is 15.5. The number of nitrogens with zero attached hydrogens (tertiary/aromatic N) is 3. The summed E-state index contributed by atoms with van der Waals surface area (Å²) in [5, 5.41) is 7.72. The molecule has 8 heteroatoms. The largest absolute Gasteiger partial charge is 0.369 e. The number of aromatic nitrogens is 2. The lowest BCUT2D eigenvalue weighted by Crippen LogP contribution is -2.36. The highest BCUT2D eigenvalue weighted by atomic mass is 35.5. The Morgan fingerprint density at radius 3 is 2.59 bits per heavy atom. The zero-order valence-electron chi connectivity index (χ0n) is 15.3. The van der Waals surface area contributed by atoms with E-state index in [-0.39, 0.29) is 10.9 Å². The summed E-state index contributed by atoms with van der Waals surface area (Å²) in [6.45, 7) is 5.18. The van der Waals surface area contributed by atoms with Crippen LogP contribution in [0.25, 0.3) is 0 Å². The van der Waals surface area contributed by atoms with Gasteiger partial charge in [0.2, 0.25) is 5.91 Å².